The van der Waals surface area contributed by atoms with Gasteiger partial charge in [-0.3, -0.25) is 4.79 Å². The van der Waals surface area contributed by atoms with E-state index in [0.717, 1.165) is 12.8 Å². The molecular formula is C13H19NO3. The number of benzene rings is 1. The average molecular weight is 237 g/mol. The summed E-state index contributed by atoms with van der Waals surface area (Å²) in [7, 11) is 0. The van der Waals surface area contributed by atoms with Crippen LogP contribution in [0.15, 0.2) is 24.3 Å². The van der Waals surface area contributed by atoms with Gasteiger partial charge in [0.15, 0.2) is 0 Å². The first-order valence-corrected chi connectivity index (χ1v) is 5.69. The van der Waals surface area contributed by atoms with Gasteiger partial charge in [-0.15, -0.1) is 0 Å². The summed E-state index contributed by atoms with van der Waals surface area (Å²) < 4.78 is 5.36. The fraction of sp³-hybridized carbons (Fsp3) is 0.462. The lowest BCUT2D eigenvalue weighted by molar-refractivity contribution is -0.143. The lowest BCUT2D eigenvalue weighted by atomic mass is 10.1. The molecule has 17 heavy (non-hydrogen) atoms. The maximum Gasteiger partial charge on any atom is 0.326 e. The van der Waals surface area contributed by atoms with E-state index in [1.807, 2.05) is 24.3 Å². The molecule has 1 atom stereocenters. The molecule has 3 N–H and O–H groups in total. The van der Waals surface area contributed by atoms with Crippen LogP contribution in [-0.4, -0.2) is 23.2 Å². The standard InChI is InChI=1S/C13H19NO3/c1-3-4-10-5-7-11(8-6-10)17-9-13(2,14)12(15)16/h5-8H,3-4,9,14H2,1-2H3,(H,15,16). The minimum Gasteiger partial charge on any atom is -0.491 e. The van der Waals surface area contributed by atoms with Crippen LogP contribution in [0.2, 0.25) is 0 Å². The molecule has 0 saturated heterocycles. The number of nitrogens with two attached hydrogens (primary N) is 1. The minimum atomic E-state index is -1.36. The molecule has 1 rings (SSSR count). The number of carboxylic acids is 1. The molecule has 0 amide bonds. The van der Waals surface area contributed by atoms with E-state index in [1.54, 1.807) is 0 Å². The van der Waals surface area contributed by atoms with E-state index >= 15 is 0 Å². The summed E-state index contributed by atoms with van der Waals surface area (Å²) in [5, 5.41) is 8.83. The first-order valence-electron chi connectivity index (χ1n) is 5.69. The van der Waals surface area contributed by atoms with Gasteiger partial charge in [0.25, 0.3) is 0 Å². The Bertz CT molecular complexity index is 371. The van der Waals surface area contributed by atoms with Crippen molar-refractivity contribution in [2.24, 2.45) is 5.73 Å². The van der Waals surface area contributed by atoms with Crippen molar-refractivity contribution in [3.8, 4) is 5.75 Å². The Morgan fingerprint density at radius 2 is 2.00 bits per heavy atom. The number of rotatable bonds is 6. The van der Waals surface area contributed by atoms with Gasteiger partial charge in [0.05, 0.1) is 0 Å². The van der Waals surface area contributed by atoms with E-state index < -0.39 is 11.5 Å². The molecule has 1 aromatic carbocycles. The molecule has 1 unspecified atom stereocenters. The Morgan fingerprint density at radius 1 is 1.41 bits per heavy atom. The zero-order valence-electron chi connectivity index (χ0n) is 10.3. The van der Waals surface area contributed by atoms with Gasteiger partial charge in [0, 0.05) is 0 Å². The van der Waals surface area contributed by atoms with Crippen LogP contribution >= 0.6 is 0 Å². The fourth-order valence-corrected chi connectivity index (χ4v) is 1.34. The fourth-order valence-electron chi connectivity index (χ4n) is 1.34. The Hall–Kier alpha value is -1.55. The van der Waals surface area contributed by atoms with E-state index in [1.165, 1.54) is 12.5 Å². The first kappa shape index (κ1) is 13.5. The molecule has 4 nitrogen and oxygen atoms in total. The summed E-state index contributed by atoms with van der Waals surface area (Å²) in [5.74, 6) is -0.428. The maximum absolute atomic E-state index is 10.8. The van der Waals surface area contributed by atoms with Crippen LogP contribution in [0.5, 0.6) is 5.75 Å². The molecule has 1 aromatic rings. The third kappa shape index (κ3) is 4.07. The molecule has 4 heteroatoms. The van der Waals surface area contributed by atoms with Crippen molar-refractivity contribution in [1.29, 1.82) is 0 Å². The molecule has 0 saturated carbocycles. The highest BCUT2D eigenvalue weighted by Gasteiger charge is 2.28. The largest absolute Gasteiger partial charge is 0.491 e. The van der Waals surface area contributed by atoms with Crippen LogP contribution in [0.3, 0.4) is 0 Å². The van der Waals surface area contributed by atoms with Crippen LogP contribution in [0.25, 0.3) is 0 Å². The predicted molar refractivity (Wildman–Crippen MR) is 66.2 cm³/mol. The monoisotopic (exact) mass is 237 g/mol. The van der Waals surface area contributed by atoms with Gasteiger partial charge < -0.3 is 15.6 Å². The van der Waals surface area contributed by atoms with Crippen molar-refractivity contribution in [3.05, 3.63) is 29.8 Å². The van der Waals surface area contributed by atoms with Crippen molar-refractivity contribution < 1.29 is 14.6 Å². The van der Waals surface area contributed by atoms with Crippen molar-refractivity contribution >= 4 is 5.97 Å². The average Bonchev–Trinajstić information content (AvgIpc) is 2.28. The van der Waals surface area contributed by atoms with Gasteiger partial charge in [-0.1, -0.05) is 25.5 Å². The second-order valence-electron chi connectivity index (χ2n) is 4.41. The van der Waals surface area contributed by atoms with E-state index in [4.69, 9.17) is 15.6 Å². The number of aryl methyl sites for hydroxylation is 1. The van der Waals surface area contributed by atoms with E-state index in [-0.39, 0.29) is 6.61 Å². The van der Waals surface area contributed by atoms with E-state index in [0.29, 0.717) is 5.75 Å². The number of hydrogen-bond donors (Lipinski definition) is 2. The predicted octanol–water partition coefficient (Wildman–Crippen LogP) is 1.82. The molecule has 0 fully saturated rings. The zero-order valence-corrected chi connectivity index (χ0v) is 10.3. The SMILES string of the molecule is CCCc1ccc(OCC(C)(N)C(=O)O)cc1. The molecule has 0 aromatic heterocycles. The van der Waals surface area contributed by atoms with Gasteiger partial charge in [-0.2, -0.15) is 0 Å². The zero-order chi connectivity index (χ0) is 12.9. The molecule has 0 bridgehead atoms. The van der Waals surface area contributed by atoms with Gasteiger partial charge in [-0.05, 0) is 31.0 Å². The van der Waals surface area contributed by atoms with Crippen LogP contribution < -0.4 is 10.5 Å². The van der Waals surface area contributed by atoms with Gasteiger partial charge >= 0.3 is 5.97 Å². The van der Waals surface area contributed by atoms with Crippen molar-refractivity contribution in [2.75, 3.05) is 6.61 Å². The van der Waals surface area contributed by atoms with Gasteiger partial charge in [0.1, 0.15) is 17.9 Å². The quantitative estimate of drug-likeness (QED) is 0.791. The molecule has 94 valence electrons. The highest BCUT2D eigenvalue weighted by Crippen LogP contribution is 2.14. The summed E-state index contributed by atoms with van der Waals surface area (Å²) in [6.45, 7) is 3.51. The Morgan fingerprint density at radius 3 is 2.47 bits per heavy atom. The van der Waals surface area contributed by atoms with Gasteiger partial charge in [0.2, 0.25) is 0 Å². The van der Waals surface area contributed by atoms with Gasteiger partial charge in [-0.25, -0.2) is 0 Å². The number of carboxylic acid groups (broad SMARTS) is 1. The Balaban J connectivity index is 2.55. The molecule has 0 heterocycles. The molecule has 0 radical (unpaired) electrons. The summed E-state index contributed by atoms with van der Waals surface area (Å²) in [4.78, 5) is 10.8. The van der Waals surface area contributed by atoms with E-state index in [9.17, 15) is 4.79 Å². The number of ether oxygens (including phenoxy) is 1. The number of carbonyl (C=O) groups is 1. The van der Waals surface area contributed by atoms with Crippen LogP contribution in [-0.2, 0) is 11.2 Å². The third-order valence-corrected chi connectivity index (χ3v) is 2.49. The summed E-state index contributed by atoms with van der Waals surface area (Å²) >= 11 is 0. The van der Waals surface area contributed by atoms with E-state index in [2.05, 4.69) is 6.92 Å². The molecule has 0 aliphatic rings. The van der Waals surface area contributed by atoms with Crippen LogP contribution in [0, 0.1) is 0 Å². The number of aliphatic carboxylic acids is 1. The highest BCUT2D eigenvalue weighted by molar-refractivity contribution is 5.78. The summed E-state index contributed by atoms with van der Waals surface area (Å²) in [6, 6.07) is 7.63. The van der Waals surface area contributed by atoms with Crippen molar-refractivity contribution in [3.63, 3.8) is 0 Å². The summed E-state index contributed by atoms with van der Waals surface area (Å²) in [5.41, 5.74) is 5.45. The summed E-state index contributed by atoms with van der Waals surface area (Å²) in [6.07, 6.45) is 2.13. The van der Waals surface area contributed by atoms with Crippen molar-refractivity contribution in [1.82, 2.24) is 0 Å². The normalized spacial score (nSPS) is 14.1. The maximum atomic E-state index is 10.8. The molecule has 0 aliphatic carbocycles. The Labute approximate surface area is 101 Å². The first-order chi connectivity index (χ1) is 7.95. The number of hydrogen-bond acceptors (Lipinski definition) is 3. The van der Waals surface area contributed by atoms with Crippen molar-refractivity contribution in [2.45, 2.75) is 32.2 Å². The third-order valence-electron chi connectivity index (χ3n) is 2.49. The molecule has 0 aliphatic heterocycles. The lowest BCUT2D eigenvalue weighted by Crippen LogP contribution is -2.49. The minimum absolute atomic E-state index is 0.0462. The van der Waals surface area contributed by atoms with Crippen LogP contribution in [0.4, 0.5) is 0 Å². The topological polar surface area (TPSA) is 72.5 Å². The second kappa shape index (κ2) is 5.68. The second-order valence-corrected chi connectivity index (χ2v) is 4.41. The molecule has 0 spiro atoms. The molecular weight excluding hydrogens is 218 g/mol. The van der Waals surface area contributed by atoms with Crippen LogP contribution in [0.1, 0.15) is 25.8 Å². The lowest BCUT2D eigenvalue weighted by Gasteiger charge is -2.19. The smallest absolute Gasteiger partial charge is 0.326 e. The Kier molecular flexibility index (Phi) is 4.52. The highest BCUT2D eigenvalue weighted by atomic mass is 16.5.